The lowest BCUT2D eigenvalue weighted by Gasteiger charge is -2.06. The van der Waals surface area contributed by atoms with Gasteiger partial charge in [-0.3, -0.25) is 0 Å². The molecule has 0 saturated carbocycles. The van der Waals surface area contributed by atoms with Gasteiger partial charge >= 0.3 is 0 Å². The number of alkyl halides is 1. The highest BCUT2D eigenvalue weighted by Gasteiger charge is 2.24. The van der Waals surface area contributed by atoms with Crippen LogP contribution in [0.4, 0.5) is 4.39 Å². The van der Waals surface area contributed by atoms with E-state index in [0.29, 0.717) is 5.76 Å². The number of oxazole rings is 1. The number of rotatable bonds is 1. The molecule has 10 heavy (non-hydrogen) atoms. The zero-order valence-corrected chi connectivity index (χ0v) is 6.31. The summed E-state index contributed by atoms with van der Waals surface area (Å²) < 4.78 is 17.9. The quantitative estimate of drug-likeness (QED) is 0.602. The van der Waals surface area contributed by atoms with Crippen LogP contribution in [0.15, 0.2) is 10.6 Å². The average Bonchev–Trinajstić information content (AvgIpc) is 2.11. The predicted molar refractivity (Wildman–Crippen MR) is 35.4 cm³/mol. The standard InChI is InChI=1S/C7H10FNO/c1-5-4-9-6(10-5)7(2,3)8/h4H,1-3H3. The van der Waals surface area contributed by atoms with E-state index in [4.69, 9.17) is 4.42 Å². The van der Waals surface area contributed by atoms with Gasteiger partial charge in [-0.25, -0.2) is 9.37 Å². The number of aromatic nitrogens is 1. The maximum Gasteiger partial charge on any atom is 0.231 e. The molecule has 1 rings (SSSR count). The highest BCUT2D eigenvalue weighted by Crippen LogP contribution is 2.23. The minimum absolute atomic E-state index is 0.144. The summed E-state index contributed by atoms with van der Waals surface area (Å²) >= 11 is 0. The van der Waals surface area contributed by atoms with E-state index in [1.165, 1.54) is 20.0 Å². The Morgan fingerprint density at radius 3 is 2.40 bits per heavy atom. The SMILES string of the molecule is Cc1cnc(C(C)(C)F)o1. The van der Waals surface area contributed by atoms with E-state index in [2.05, 4.69) is 4.98 Å². The number of hydrogen-bond acceptors (Lipinski definition) is 2. The fourth-order valence-corrected chi connectivity index (χ4v) is 0.630. The number of hydrogen-bond donors (Lipinski definition) is 0. The van der Waals surface area contributed by atoms with Gasteiger partial charge in [-0.2, -0.15) is 0 Å². The molecule has 0 atom stereocenters. The molecule has 0 aliphatic carbocycles. The van der Waals surface area contributed by atoms with E-state index in [0.717, 1.165) is 0 Å². The highest BCUT2D eigenvalue weighted by molar-refractivity contribution is 4.97. The topological polar surface area (TPSA) is 26.0 Å². The number of nitrogens with zero attached hydrogens (tertiary/aromatic N) is 1. The van der Waals surface area contributed by atoms with Gasteiger partial charge < -0.3 is 4.42 Å². The molecule has 0 spiro atoms. The van der Waals surface area contributed by atoms with Gasteiger partial charge in [0.15, 0.2) is 5.67 Å². The van der Waals surface area contributed by atoms with Gasteiger partial charge in [0.05, 0.1) is 6.20 Å². The molecule has 0 radical (unpaired) electrons. The van der Waals surface area contributed by atoms with Crippen LogP contribution >= 0.6 is 0 Å². The van der Waals surface area contributed by atoms with Crippen molar-refractivity contribution in [2.45, 2.75) is 26.4 Å². The Hall–Kier alpha value is -0.860. The maximum absolute atomic E-state index is 13.0. The lowest BCUT2D eigenvalue weighted by atomic mass is 10.2. The van der Waals surface area contributed by atoms with Crippen LogP contribution in [-0.4, -0.2) is 4.98 Å². The summed E-state index contributed by atoms with van der Waals surface area (Å²) in [5.41, 5.74) is -1.46. The predicted octanol–water partition coefficient (Wildman–Crippen LogP) is 2.19. The number of halogens is 1. The Kier molecular flexibility index (Phi) is 1.50. The van der Waals surface area contributed by atoms with Gasteiger partial charge in [-0.1, -0.05) is 0 Å². The molecule has 0 N–H and O–H groups in total. The summed E-state index contributed by atoms with van der Waals surface area (Å²) in [7, 11) is 0. The molecule has 0 aliphatic rings. The van der Waals surface area contributed by atoms with Crippen LogP contribution in [0.3, 0.4) is 0 Å². The Balaban J connectivity index is 2.96. The van der Waals surface area contributed by atoms with Gasteiger partial charge in [0.1, 0.15) is 5.76 Å². The third-order valence-electron chi connectivity index (χ3n) is 1.13. The second kappa shape index (κ2) is 2.08. The molecule has 2 nitrogen and oxygen atoms in total. The van der Waals surface area contributed by atoms with Crippen molar-refractivity contribution in [1.29, 1.82) is 0 Å². The van der Waals surface area contributed by atoms with E-state index >= 15 is 0 Å². The van der Waals surface area contributed by atoms with E-state index in [1.807, 2.05) is 0 Å². The zero-order chi connectivity index (χ0) is 7.78. The van der Waals surface area contributed by atoms with Crippen molar-refractivity contribution in [3.8, 4) is 0 Å². The lowest BCUT2D eigenvalue weighted by molar-refractivity contribution is 0.168. The Morgan fingerprint density at radius 2 is 2.20 bits per heavy atom. The van der Waals surface area contributed by atoms with Crippen LogP contribution in [0.1, 0.15) is 25.5 Å². The van der Waals surface area contributed by atoms with Crippen molar-refractivity contribution >= 4 is 0 Å². The molecule has 0 unspecified atom stereocenters. The molecular formula is C7H10FNO. The molecule has 0 bridgehead atoms. The Morgan fingerprint density at radius 1 is 1.60 bits per heavy atom. The fraction of sp³-hybridized carbons (Fsp3) is 0.571. The molecule has 0 aliphatic heterocycles. The summed E-state index contributed by atoms with van der Waals surface area (Å²) in [5, 5.41) is 0. The molecule has 0 fully saturated rings. The summed E-state index contributed by atoms with van der Waals surface area (Å²) in [4.78, 5) is 3.75. The van der Waals surface area contributed by atoms with Crippen molar-refractivity contribution < 1.29 is 8.81 Å². The first kappa shape index (κ1) is 7.25. The zero-order valence-electron chi connectivity index (χ0n) is 6.31. The van der Waals surface area contributed by atoms with E-state index in [9.17, 15) is 4.39 Å². The van der Waals surface area contributed by atoms with E-state index in [1.54, 1.807) is 6.92 Å². The first-order valence-corrected chi connectivity index (χ1v) is 3.12. The number of aryl methyl sites for hydroxylation is 1. The van der Waals surface area contributed by atoms with Gasteiger partial charge in [0.25, 0.3) is 0 Å². The molecule has 0 saturated heterocycles. The minimum Gasteiger partial charge on any atom is -0.443 e. The summed E-state index contributed by atoms with van der Waals surface area (Å²) in [6, 6.07) is 0. The summed E-state index contributed by atoms with van der Waals surface area (Å²) in [5.74, 6) is 0.783. The summed E-state index contributed by atoms with van der Waals surface area (Å²) in [6.07, 6.45) is 1.51. The normalized spacial score (nSPS) is 12.0. The highest BCUT2D eigenvalue weighted by atomic mass is 19.1. The minimum atomic E-state index is -1.46. The molecule has 56 valence electrons. The second-order valence-electron chi connectivity index (χ2n) is 2.75. The third kappa shape index (κ3) is 1.35. The molecule has 3 heteroatoms. The Labute approximate surface area is 59.1 Å². The van der Waals surface area contributed by atoms with E-state index < -0.39 is 5.67 Å². The average molecular weight is 143 g/mol. The smallest absolute Gasteiger partial charge is 0.231 e. The van der Waals surface area contributed by atoms with Crippen molar-refractivity contribution in [3.05, 3.63) is 17.8 Å². The monoisotopic (exact) mass is 143 g/mol. The van der Waals surface area contributed by atoms with Crippen LogP contribution < -0.4 is 0 Å². The fourth-order valence-electron chi connectivity index (χ4n) is 0.630. The van der Waals surface area contributed by atoms with Crippen LogP contribution in [0.2, 0.25) is 0 Å². The van der Waals surface area contributed by atoms with Gasteiger partial charge in [-0.15, -0.1) is 0 Å². The van der Waals surface area contributed by atoms with Crippen LogP contribution in [0.25, 0.3) is 0 Å². The largest absolute Gasteiger partial charge is 0.443 e. The summed E-state index contributed by atoms with van der Waals surface area (Å²) in [6.45, 7) is 4.57. The van der Waals surface area contributed by atoms with Crippen molar-refractivity contribution in [2.75, 3.05) is 0 Å². The molecule has 1 aromatic rings. The molecule has 1 aromatic heterocycles. The third-order valence-corrected chi connectivity index (χ3v) is 1.13. The molecule has 0 amide bonds. The molecule has 0 aromatic carbocycles. The Bertz CT molecular complexity index is 224. The van der Waals surface area contributed by atoms with Crippen LogP contribution in [0.5, 0.6) is 0 Å². The van der Waals surface area contributed by atoms with Gasteiger partial charge in [-0.05, 0) is 20.8 Å². The first-order chi connectivity index (χ1) is 4.50. The van der Waals surface area contributed by atoms with E-state index in [-0.39, 0.29) is 5.89 Å². The first-order valence-electron chi connectivity index (χ1n) is 3.12. The van der Waals surface area contributed by atoms with Crippen LogP contribution in [-0.2, 0) is 5.67 Å². The van der Waals surface area contributed by atoms with Crippen molar-refractivity contribution in [3.63, 3.8) is 0 Å². The van der Waals surface area contributed by atoms with Crippen molar-refractivity contribution in [1.82, 2.24) is 4.98 Å². The maximum atomic E-state index is 13.0. The molecule has 1 heterocycles. The lowest BCUT2D eigenvalue weighted by Crippen LogP contribution is -2.08. The molecular weight excluding hydrogens is 133 g/mol. The van der Waals surface area contributed by atoms with Crippen molar-refractivity contribution in [2.24, 2.45) is 0 Å². The second-order valence-corrected chi connectivity index (χ2v) is 2.75. The van der Waals surface area contributed by atoms with Gasteiger partial charge in [0.2, 0.25) is 5.89 Å². The van der Waals surface area contributed by atoms with Gasteiger partial charge in [0, 0.05) is 0 Å². The van der Waals surface area contributed by atoms with Crippen LogP contribution in [0, 0.1) is 6.92 Å².